The Morgan fingerprint density at radius 2 is 2.14 bits per heavy atom. The molecule has 1 heterocycles. The second kappa shape index (κ2) is 3.73. The van der Waals surface area contributed by atoms with Gasteiger partial charge < -0.3 is 4.98 Å². The number of benzene rings is 1. The fourth-order valence-corrected chi connectivity index (χ4v) is 1.83. The second-order valence-corrected chi connectivity index (χ2v) is 5.10. The van der Waals surface area contributed by atoms with Gasteiger partial charge in [-0.05, 0) is 13.0 Å². The smallest absolute Gasteiger partial charge is 0.177 e. The summed E-state index contributed by atoms with van der Waals surface area (Å²) in [5.74, 6) is 0.183. The van der Waals surface area contributed by atoms with Gasteiger partial charge in [0.1, 0.15) is 0 Å². The number of carbonyl (C=O) groups excluding carboxylic acids is 1. The number of aromatic nitrogens is 1. The van der Waals surface area contributed by atoms with Gasteiger partial charge in [0.15, 0.2) is 5.78 Å². The van der Waals surface area contributed by atoms with Crippen molar-refractivity contribution in [3.05, 3.63) is 36.0 Å². The van der Waals surface area contributed by atoms with E-state index in [1.54, 1.807) is 6.20 Å². The number of Topliss-reactive ketones (excluding diaryl/α,β-unsaturated/α-hetero) is 1. The number of rotatable bonds is 2. The Bertz CT molecular complexity index is 473. The van der Waals surface area contributed by atoms with E-state index in [9.17, 15) is 4.79 Å². The van der Waals surface area contributed by atoms with Gasteiger partial charge in [0, 0.05) is 22.7 Å². The maximum atomic E-state index is 11.8. The highest BCUT2D eigenvalue weighted by molar-refractivity contribution is 14.1. The first-order valence-corrected chi connectivity index (χ1v) is 5.69. The molecule has 0 saturated heterocycles. The van der Waals surface area contributed by atoms with Crippen molar-refractivity contribution in [1.29, 1.82) is 0 Å². The number of aromatic amines is 1. The third-order valence-corrected chi connectivity index (χ3v) is 2.78. The van der Waals surface area contributed by atoms with Crippen molar-refractivity contribution >= 4 is 39.3 Å². The molecule has 2 aromatic rings. The van der Waals surface area contributed by atoms with Crippen LogP contribution in [-0.4, -0.2) is 14.7 Å². The molecular formula is C11H10INO. The molecule has 0 amide bonds. The summed E-state index contributed by atoms with van der Waals surface area (Å²) in [4.78, 5) is 14.9. The summed E-state index contributed by atoms with van der Waals surface area (Å²) < 4.78 is 0.0202. The van der Waals surface area contributed by atoms with Gasteiger partial charge in [-0.3, -0.25) is 4.79 Å². The van der Waals surface area contributed by atoms with E-state index < -0.39 is 0 Å². The van der Waals surface area contributed by atoms with Crippen LogP contribution in [0.25, 0.3) is 10.9 Å². The monoisotopic (exact) mass is 299 g/mol. The Balaban J connectivity index is 2.58. The summed E-state index contributed by atoms with van der Waals surface area (Å²) in [5, 5.41) is 1.01. The minimum atomic E-state index is 0.0202. The normalized spacial score (nSPS) is 13.0. The van der Waals surface area contributed by atoms with Crippen LogP contribution in [0.4, 0.5) is 0 Å². The van der Waals surface area contributed by atoms with E-state index in [1.807, 2.05) is 31.2 Å². The number of halogens is 1. The topological polar surface area (TPSA) is 32.9 Å². The van der Waals surface area contributed by atoms with Crippen LogP contribution in [0, 0.1) is 0 Å². The lowest BCUT2D eigenvalue weighted by atomic mass is 10.1. The molecule has 1 aromatic carbocycles. The summed E-state index contributed by atoms with van der Waals surface area (Å²) in [7, 11) is 0. The number of para-hydroxylation sites is 1. The predicted molar refractivity (Wildman–Crippen MR) is 66.1 cm³/mol. The van der Waals surface area contributed by atoms with Gasteiger partial charge >= 0.3 is 0 Å². The van der Waals surface area contributed by atoms with Crippen LogP contribution in [0.5, 0.6) is 0 Å². The summed E-state index contributed by atoms with van der Waals surface area (Å²) in [6.45, 7) is 1.91. The van der Waals surface area contributed by atoms with E-state index in [2.05, 4.69) is 27.6 Å². The van der Waals surface area contributed by atoms with Crippen LogP contribution in [0.3, 0.4) is 0 Å². The van der Waals surface area contributed by atoms with Crippen molar-refractivity contribution in [2.24, 2.45) is 0 Å². The molecule has 14 heavy (non-hydrogen) atoms. The highest BCUT2D eigenvalue weighted by Gasteiger charge is 2.15. The van der Waals surface area contributed by atoms with Crippen LogP contribution in [0.2, 0.25) is 0 Å². The molecule has 1 aromatic heterocycles. The molecule has 1 N–H and O–H groups in total. The van der Waals surface area contributed by atoms with Gasteiger partial charge in [-0.15, -0.1) is 0 Å². The van der Waals surface area contributed by atoms with Gasteiger partial charge in [0.2, 0.25) is 0 Å². The van der Waals surface area contributed by atoms with Crippen molar-refractivity contribution in [2.45, 2.75) is 10.8 Å². The molecule has 0 bridgehead atoms. The van der Waals surface area contributed by atoms with Crippen molar-refractivity contribution < 1.29 is 4.79 Å². The lowest BCUT2D eigenvalue weighted by Gasteiger charge is -1.99. The lowest BCUT2D eigenvalue weighted by molar-refractivity contribution is 0.1000. The third-order valence-electron chi connectivity index (χ3n) is 2.22. The predicted octanol–water partition coefficient (Wildman–Crippen LogP) is 3.17. The van der Waals surface area contributed by atoms with Crippen molar-refractivity contribution in [2.75, 3.05) is 0 Å². The number of nitrogens with one attached hydrogen (secondary N) is 1. The van der Waals surface area contributed by atoms with Gasteiger partial charge in [0.05, 0.1) is 3.92 Å². The van der Waals surface area contributed by atoms with Crippen molar-refractivity contribution in [1.82, 2.24) is 4.98 Å². The molecule has 72 valence electrons. The number of alkyl halides is 1. The minimum Gasteiger partial charge on any atom is -0.360 e. The van der Waals surface area contributed by atoms with Gasteiger partial charge in [-0.25, -0.2) is 0 Å². The number of hydrogen-bond donors (Lipinski definition) is 1. The van der Waals surface area contributed by atoms with Crippen molar-refractivity contribution in [3.63, 3.8) is 0 Å². The minimum absolute atomic E-state index is 0.0202. The first kappa shape index (κ1) is 9.71. The molecule has 2 rings (SSSR count). The summed E-state index contributed by atoms with van der Waals surface area (Å²) in [6, 6.07) is 7.85. The Hall–Kier alpha value is -0.840. The average Bonchev–Trinajstić information content (AvgIpc) is 2.60. The SMILES string of the molecule is CC(I)C(=O)c1c[nH]c2ccccc12. The molecular weight excluding hydrogens is 289 g/mol. The first-order valence-electron chi connectivity index (χ1n) is 4.44. The summed E-state index contributed by atoms with van der Waals surface area (Å²) >= 11 is 2.14. The number of hydrogen-bond acceptors (Lipinski definition) is 1. The molecule has 0 spiro atoms. The standard InChI is InChI=1S/C11H10INO/c1-7(12)11(14)9-6-13-10-5-3-2-4-8(9)10/h2-7,13H,1H3. The fourth-order valence-electron chi connectivity index (χ4n) is 1.49. The molecule has 1 atom stereocenters. The van der Waals surface area contributed by atoms with E-state index in [0.29, 0.717) is 0 Å². The maximum absolute atomic E-state index is 11.8. The second-order valence-electron chi connectivity index (χ2n) is 3.23. The Kier molecular flexibility index (Phi) is 2.58. The molecule has 0 aliphatic heterocycles. The van der Waals surface area contributed by atoms with E-state index in [4.69, 9.17) is 0 Å². The Labute approximate surface area is 95.8 Å². The van der Waals surface area contributed by atoms with Crippen LogP contribution in [0.15, 0.2) is 30.5 Å². The van der Waals surface area contributed by atoms with Crippen molar-refractivity contribution in [3.8, 4) is 0 Å². The molecule has 2 nitrogen and oxygen atoms in total. The molecule has 0 radical (unpaired) electrons. The average molecular weight is 299 g/mol. The number of ketones is 1. The van der Waals surface area contributed by atoms with Gasteiger partial charge in [0.25, 0.3) is 0 Å². The first-order chi connectivity index (χ1) is 6.70. The molecule has 3 heteroatoms. The van der Waals surface area contributed by atoms with Crippen LogP contribution < -0.4 is 0 Å². The highest BCUT2D eigenvalue weighted by atomic mass is 127. The lowest BCUT2D eigenvalue weighted by Crippen LogP contribution is -2.08. The molecule has 0 saturated carbocycles. The zero-order chi connectivity index (χ0) is 10.1. The van der Waals surface area contributed by atoms with E-state index in [1.165, 1.54) is 0 Å². The number of fused-ring (bicyclic) bond motifs is 1. The molecule has 0 aliphatic carbocycles. The molecule has 0 aliphatic rings. The van der Waals surface area contributed by atoms with Crippen LogP contribution >= 0.6 is 22.6 Å². The van der Waals surface area contributed by atoms with Crippen LogP contribution in [-0.2, 0) is 0 Å². The van der Waals surface area contributed by atoms with E-state index in [-0.39, 0.29) is 9.71 Å². The Morgan fingerprint density at radius 3 is 2.86 bits per heavy atom. The fraction of sp³-hybridized carbons (Fsp3) is 0.182. The summed E-state index contributed by atoms with van der Waals surface area (Å²) in [5.41, 5.74) is 1.82. The van der Waals surface area contributed by atoms with Crippen LogP contribution in [0.1, 0.15) is 17.3 Å². The molecule has 0 fully saturated rings. The summed E-state index contributed by atoms with van der Waals surface area (Å²) in [6.07, 6.45) is 1.79. The van der Waals surface area contributed by atoms with E-state index in [0.717, 1.165) is 16.5 Å². The zero-order valence-corrected chi connectivity index (χ0v) is 9.91. The van der Waals surface area contributed by atoms with Gasteiger partial charge in [-0.2, -0.15) is 0 Å². The largest absolute Gasteiger partial charge is 0.360 e. The number of H-pyrrole nitrogens is 1. The maximum Gasteiger partial charge on any atom is 0.177 e. The molecule has 1 unspecified atom stereocenters. The zero-order valence-electron chi connectivity index (χ0n) is 7.75. The quantitative estimate of drug-likeness (QED) is 0.516. The highest BCUT2D eigenvalue weighted by Crippen LogP contribution is 2.20. The number of carbonyl (C=O) groups is 1. The Morgan fingerprint density at radius 1 is 1.43 bits per heavy atom. The van der Waals surface area contributed by atoms with Gasteiger partial charge in [-0.1, -0.05) is 40.8 Å². The van der Waals surface area contributed by atoms with E-state index >= 15 is 0 Å². The third kappa shape index (κ3) is 1.56.